The second-order valence-corrected chi connectivity index (χ2v) is 3.85. The fourth-order valence-electron chi connectivity index (χ4n) is 1.82. The predicted octanol–water partition coefficient (Wildman–Crippen LogP) is 0.185. The molecule has 14 heavy (non-hydrogen) atoms. The minimum atomic E-state index is 0.184. The van der Waals surface area contributed by atoms with Gasteiger partial charge in [-0.15, -0.1) is 0 Å². The van der Waals surface area contributed by atoms with Gasteiger partial charge in [-0.3, -0.25) is 9.69 Å². The fraction of sp³-hybridized carbons (Fsp3) is 0.900. The zero-order valence-electron chi connectivity index (χ0n) is 9.32. The van der Waals surface area contributed by atoms with E-state index in [0.29, 0.717) is 6.04 Å². The molecule has 1 aliphatic heterocycles. The van der Waals surface area contributed by atoms with Crippen molar-refractivity contribution < 1.29 is 9.53 Å². The summed E-state index contributed by atoms with van der Waals surface area (Å²) in [6, 6.07) is 0.453. The SMILES string of the molecule is COC[C@@H](C)N1CCN(C(C)=O)CC1. The highest BCUT2D eigenvalue weighted by Gasteiger charge is 2.21. The lowest BCUT2D eigenvalue weighted by Crippen LogP contribution is -2.51. The summed E-state index contributed by atoms with van der Waals surface area (Å²) in [6.45, 7) is 8.18. The first-order valence-corrected chi connectivity index (χ1v) is 5.13. The molecule has 1 amide bonds. The lowest BCUT2D eigenvalue weighted by molar-refractivity contribution is -0.131. The third-order valence-corrected chi connectivity index (χ3v) is 2.79. The van der Waals surface area contributed by atoms with E-state index >= 15 is 0 Å². The van der Waals surface area contributed by atoms with Gasteiger partial charge in [-0.1, -0.05) is 0 Å². The molecule has 0 radical (unpaired) electrons. The van der Waals surface area contributed by atoms with Crippen LogP contribution in [0.1, 0.15) is 13.8 Å². The van der Waals surface area contributed by atoms with Gasteiger partial charge in [-0.05, 0) is 6.92 Å². The molecule has 0 N–H and O–H groups in total. The molecule has 1 heterocycles. The van der Waals surface area contributed by atoms with E-state index in [4.69, 9.17) is 4.74 Å². The summed E-state index contributed by atoms with van der Waals surface area (Å²) < 4.78 is 5.11. The quantitative estimate of drug-likeness (QED) is 0.652. The summed E-state index contributed by atoms with van der Waals surface area (Å²) in [5.74, 6) is 0.184. The molecule has 0 aromatic carbocycles. The third kappa shape index (κ3) is 2.96. The van der Waals surface area contributed by atoms with Crippen molar-refractivity contribution in [2.45, 2.75) is 19.9 Å². The molecular weight excluding hydrogens is 180 g/mol. The number of carbonyl (C=O) groups is 1. The Morgan fingerprint density at radius 2 is 1.93 bits per heavy atom. The third-order valence-electron chi connectivity index (χ3n) is 2.79. The van der Waals surface area contributed by atoms with Crippen LogP contribution in [0.25, 0.3) is 0 Å². The van der Waals surface area contributed by atoms with E-state index in [-0.39, 0.29) is 5.91 Å². The van der Waals surface area contributed by atoms with Crippen LogP contribution in [0.15, 0.2) is 0 Å². The number of hydrogen-bond acceptors (Lipinski definition) is 3. The van der Waals surface area contributed by atoms with Gasteiger partial charge in [0.2, 0.25) is 5.91 Å². The van der Waals surface area contributed by atoms with Crippen molar-refractivity contribution in [3.8, 4) is 0 Å². The zero-order chi connectivity index (χ0) is 10.6. The van der Waals surface area contributed by atoms with E-state index in [1.165, 1.54) is 0 Å². The van der Waals surface area contributed by atoms with Crippen molar-refractivity contribution >= 4 is 5.91 Å². The number of ether oxygens (including phenoxy) is 1. The van der Waals surface area contributed by atoms with Crippen LogP contribution < -0.4 is 0 Å². The van der Waals surface area contributed by atoms with Crippen LogP contribution in [0.5, 0.6) is 0 Å². The van der Waals surface area contributed by atoms with E-state index in [1.54, 1.807) is 14.0 Å². The van der Waals surface area contributed by atoms with Crippen LogP contribution in [0.2, 0.25) is 0 Å². The molecule has 0 bridgehead atoms. The van der Waals surface area contributed by atoms with Gasteiger partial charge < -0.3 is 9.64 Å². The Morgan fingerprint density at radius 1 is 1.36 bits per heavy atom. The van der Waals surface area contributed by atoms with Crippen molar-refractivity contribution in [2.24, 2.45) is 0 Å². The second kappa shape index (κ2) is 5.32. The van der Waals surface area contributed by atoms with Gasteiger partial charge >= 0.3 is 0 Å². The Bertz CT molecular complexity index is 189. The molecule has 1 fully saturated rings. The highest BCUT2D eigenvalue weighted by Crippen LogP contribution is 2.06. The summed E-state index contributed by atoms with van der Waals surface area (Å²) in [7, 11) is 1.72. The fourth-order valence-corrected chi connectivity index (χ4v) is 1.82. The Labute approximate surface area is 85.8 Å². The maximum Gasteiger partial charge on any atom is 0.219 e. The molecule has 1 rings (SSSR count). The highest BCUT2D eigenvalue weighted by molar-refractivity contribution is 5.73. The smallest absolute Gasteiger partial charge is 0.219 e. The van der Waals surface area contributed by atoms with Gasteiger partial charge in [0.15, 0.2) is 0 Å². The molecule has 0 aromatic heterocycles. The first-order chi connectivity index (χ1) is 6.65. The average Bonchev–Trinajstić information content (AvgIpc) is 2.18. The number of nitrogens with zero attached hydrogens (tertiary/aromatic N) is 2. The number of carbonyl (C=O) groups excluding carboxylic acids is 1. The Hall–Kier alpha value is -0.610. The van der Waals surface area contributed by atoms with Gasteiger partial charge in [-0.2, -0.15) is 0 Å². The van der Waals surface area contributed by atoms with E-state index < -0.39 is 0 Å². The molecule has 0 unspecified atom stereocenters. The largest absolute Gasteiger partial charge is 0.383 e. The van der Waals surface area contributed by atoms with Crippen LogP contribution in [-0.4, -0.2) is 61.6 Å². The average molecular weight is 200 g/mol. The molecule has 4 nitrogen and oxygen atoms in total. The van der Waals surface area contributed by atoms with Crippen LogP contribution in [0.3, 0.4) is 0 Å². The molecular formula is C10H20N2O2. The Kier molecular flexibility index (Phi) is 4.35. The maximum absolute atomic E-state index is 11.1. The van der Waals surface area contributed by atoms with Crippen molar-refractivity contribution in [1.82, 2.24) is 9.80 Å². The van der Waals surface area contributed by atoms with Gasteiger partial charge in [0.1, 0.15) is 0 Å². The van der Waals surface area contributed by atoms with Gasteiger partial charge in [0.25, 0.3) is 0 Å². The number of hydrogen-bond donors (Lipinski definition) is 0. The summed E-state index contributed by atoms with van der Waals surface area (Å²) in [6.07, 6.45) is 0. The summed E-state index contributed by atoms with van der Waals surface area (Å²) >= 11 is 0. The van der Waals surface area contributed by atoms with Crippen molar-refractivity contribution in [1.29, 1.82) is 0 Å². The summed E-state index contributed by atoms with van der Waals surface area (Å²) in [5, 5.41) is 0. The van der Waals surface area contributed by atoms with E-state index in [2.05, 4.69) is 11.8 Å². The Balaban J connectivity index is 2.31. The van der Waals surface area contributed by atoms with Crippen LogP contribution in [-0.2, 0) is 9.53 Å². The molecule has 1 saturated heterocycles. The first kappa shape index (κ1) is 11.5. The number of rotatable bonds is 3. The topological polar surface area (TPSA) is 32.8 Å². The molecule has 1 atom stereocenters. The van der Waals surface area contributed by atoms with Gasteiger partial charge in [-0.25, -0.2) is 0 Å². The molecule has 0 aliphatic carbocycles. The van der Waals surface area contributed by atoms with Crippen LogP contribution in [0.4, 0.5) is 0 Å². The van der Waals surface area contributed by atoms with E-state index in [1.807, 2.05) is 4.90 Å². The number of amides is 1. The molecule has 4 heteroatoms. The predicted molar refractivity (Wildman–Crippen MR) is 55.2 cm³/mol. The van der Waals surface area contributed by atoms with Gasteiger partial charge in [0.05, 0.1) is 6.61 Å². The standard InChI is InChI=1S/C10H20N2O2/c1-9(8-14-3)11-4-6-12(7-5-11)10(2)13/h9H,4-8H2,1-3H3/t9-/m1/s1. The highest BCUT2D eigenvalue weighted by atomic mass is 16.5. The molecule has 1 aliphatic rings. The lowest BCUT2D eigenvalue weighted by Gasteiger charge is -2.37. The molecule has 82 valence electrons. The van der Waals surface area contributed by atoms with Crippen molar-refractivity contribution in [3.05, 3.63) is 0 Å². The van der Waals surface area contributed by atoms with Crippen molar-refractivity contribution in [3.63, 3.8) is 0 Å². The monoisotopic (exact) mass is 200 g/mol. The molecule has 0 aromatic rings. The minimum absolute atomic E-state index is 0.184. The second-order valence-electron chi connectivity index (χ2n) is 3.85. The Morgan fingerprint density at radius 3 is 2.36 bits per heavy atom. The lowest BCUT2D eigenvalue weighted by atomic mass is 10.2. The van der Waals surface area contributed by atoms with Crippen LogP contribution in [0, 0.1) is 0 Å². The number of piperazine rings is 1. The zero-order valence-corrected chi connectivity index (χ0v) is 9.32. The minimum Gasteiger partial charge on any atom is -0.383 e. The molecule has 0 saturated carbocycles. The first-order valence-electron chi connectivity index (χ1n) is 5.13. The summed E-state index contributed by atoms with van der Waals surface area (Å²) in [5.41, 5.74) is 0. The van der Waals surface area contributed by atoms with E-state index in [9.17, 15) is 4.79 Å². The van der Waals surface area contributed by atoms with Crippen LogP contribution >= 0.6 is 0 Å². The summed E-state index contributed by atoms with van der Waals surface area (Å²) in [4.78, 5) is 15.3. The molecule has 0 spiro atoms. The van der Waals surface area contributed by atoms with E-state index in [0.717, 1.165) is 32.8 Å². The van der Waals surface area contributed by atoms with Gasteiger partial charge in [0, 0.05) is 46.3 Å². The normalized spacial score (nSPS) is 20.9. The number of methoxy groups -OCH3 is 1. The maximum atomic E-state index is 11.1. The van der Waals surface area contributed by atoms with Crippen molar-refractivity contribution in [2.75, 3.05) is 39.9 Å².